The fraction of sp³-hybridized carbons (Fsp3) is 0.562. The average molecular weight is 260 g/mol. The van der Waals surface area contributed by atoms with Crippen molar-refractivity contribution < 1.29 is 4.79 Å². The predicted molar refractivity (Wildman–Crippen MR) is 77.8 cm³/mol. The fourth-order valence-corrected chi connectivity index (χ4v) is 2.50. The normalized spacial score (nSPS) is 17.0. The molecule has 1 saturated carbocycles. The summed E-state index contributed by atoms with van der Waals surface area (Å²) in [5, 5.41) is 3.11. The molecule has 0 aromatic heterocycles. The number of nitrogens with two attached hydrogens (primary N) is 1. The minimum Gasteiger partial charge on any atom is -0.355 e. The molecular weight excluding hydrogens is 236 g/mol. The molecule has 0 unspecified atom stereocenters. The van der Waals surface area contributed by atoms with E-state index in [4.69, 9.17) is 5.73 Å². The molecule has 19 heavy (non-hydrogen) atoms. The molecule has 0 atom stereocenters. The summed E-state index contributed by atoms with van der Waals surface area (Å²) in [6, 6.07) is 10.1. The van der Waals surface area contributed by atoms with Crippen molar-refractivity contribution in [2.75, 3.05) is 13.1 Å². The van der Waals surface area contributed by atoms with Crippen LogP contribution < -0.4 is 11.1 Å². The van der Waals surface area contributed by atoms with Crippen molar-refractivity contribution in [1.82, 2.24) is 5.32 Å². The summed E-state index contributed by atoms with van der Waals surface area (Å²) in [6.07, 6.45) is 2.84. The van der Waals surface area contributed by atoms with Crippen molar-refractivity contribution in [1.29, 1.82) is 0 Å². The minimum absolute atomic E-state index is 0.0666. The van der Waals surface area contributed by atoms with E-state index < -0.39 is 0 Å². The molecule has 0 saturated heterocycles. The van der Waals surface area contributed by atoms with Gasteiger partial charge in [-0.25, -0.2) is 0 Å². The summed E-state index contributed by atoms with van der Waals surface area (Å²) < 4.78 is 0. The number of rotatable bonds is 6. The summed E-state index contributed by atoms with van der Waals surface area (Å²) in [6.45, 7) is 5.63. The third-order valence-corrected chi connectivity index (χ3v) is 4.06. The summed E-state index contributed by atoms with van der Waals surface area (Å²) in [4.78, 5) is 12.4. The van der Waals surface area contributed by atoms with Crippen LogP contribution >= 0.6 is 0 Å². The maximum absolute atomic E-state index is 12.4. The molecule has 0 heterocycles. The van der Waals surface area contributed by atoms with Crippen LogP contribution in [0.15, 0.2) is 30.3 Å². The molecule has 3 N–H and O–H groups in total. The maximum Gasteiger partial charge on any atom is 0.230 e. The van der Waals surface area contributed by atoms with Gasteiger partial charge in [-0.15, -0.1) is 0 Å². The van der Waals surface area contributed by atoms with Crippen molar-refractivity contribution in [3.05, 3.63) is 35.9 Å². The second-order valence-electron chi connectivity index (χ2n) is 6.33. The van der Waals surface area contributed by atoms with Crippen molar-refractivity contribution >= 4 is 5.91 Å². The zero-order valence-electron chi connectivity index (χ0n) is 11.9. The van der Waals surface area contributed by atoms with E-state index >= 15 is 0 Å². The summed E-state index contributed by atoms with van der Waals surface area (Å²) in [5.41, 5.74) is 6.54. The Hall–Kier alpha value is -1.35. The first-order valence-electron chi connectivity index (χ1n) is 7.04. The quantitative estimate of drug-likeness (QED) is 0.824. The van der Waals surface area contributed by atoms with E-state index in [9.17, 15) is 4.79 Å². The topological polar surface area (TPSA) is 55.1 Å². The molecule has 1 amide bonds. The smallest absolute Gasteiger partial charge is 0.230 e. The molecule has 2 rings (SSSR count). The molecular formula is C16H24N2O. The van der Waals surface area contributed by atoms with Crippen LogP contribution in [0.2, 0.25) is 0 Å². The standard InChI is InChI=1S/C16H24N2O/c1-15(2,10-11-17)12-18-14(19)16(8-9-16)13-6-4-3-5-7-13/h3-7H,8-12,17H2,1-2H3,(H,18,19). The van der Waals surface area contributed by atoms with Gasteiger partial charge in [0.15, 0.2) is 0 Å². The molecule has 3 heteroatoms. The van der Waals surface area contributed by atoms with Crippen LogP contribution in [0, 0.1) is 5.41 Å². The van der Waals surface area contributed by atoms with E-state index in [-0.39, 0.29) is 16.7 Å². The van der Waals surface area contributed by atoms with Gasteiger partial charge in [-0.2, -0.15) is 0 Å². The number of carbonyl (C=O) groups excluding carboxylic acids is 1. The zero-order valence-corrected chi connectivity index (χ0v) is 11.9. The highest BCUT2D eigenvalue weighted by molar-refractivity contribution is 5.91. The molecule has 1 aliphatic rings. The number of hydrogen-bond donors (Lipinski definition) is 2. The summed E-state index contributed by atoms with van der Waals surface area (Å²) in [5.74, 6) is 0.170. The number of hydrogen-bond acceptors (Lipinski definition) is 2. The Morgan fingerprint density at radius 3 is 2.47 bits per heavy atom. The second kappa shape index (κ2) is 5.33. The highest BCUT2D eigenvalue weighted by Crippen LogP contribution is 2.48. The van der Waals surface area contributed by atoms with Gasteiger partial charge >= 0.3 is 0 Å². The molecule has 0 bridgehead atoms. The first-order chi connectivity index (χ1) is 9.00. The first kappa shape index (κ1) is 14.1. The van der Waals surface area contributed by atoms with Gasteiger partial charge in [0.05, 0.1) is 5.41 Å². The van der Waals surface area contributed by atoms with Gasteiger partial charge in [-0.3, -0.25) is 4.79 Å². The third kappa shape index (κ3) is 3.16. The maximum atomic E-state index is 12.4. The molecule has 1 aromatic carbocycles. The van der Waals surface area contributed by atoms with Crippen LogP contribution in [0.25, 0.3) is 0 Å². The van der Waals surface area contributed by atoms with Crippen LogP contribution in [0.3, 0.4) is 0 Å². The van der Waals surface area contributed by atoms with Gasteiger partial charge in [0, 0.05) is 6.54 Å². The molecule has 0 spiro atoms. The average Bonchev–Trinajstić information content (AvgIpc) is 3.19. The van der Waals surface area contributed by atoms with Gasteiger partial charge in [-0.1, -0.05) is 44.2 Å². The number of amides is 1. The lowest BCUT2D eigenvalue weighted by molar-refractivity contribution is -0.124. The van der Waals surface area contributed by atoms with Gasteiger partial charge in [0.2, 0.25) is 5.91 Å². The SMILES string of the molecule is CC(C)(CCN)CNC(=O)C1(c2ccccc2)CC1. The number of nitrogens with one attached hydrogen (secondary N) is 1. The molecule has 1 aliphatic carbocycles. The molecule has 3 nitrogen and oxygen atoms in total. The molecule has 0 radical (unpaired) electrons. The Labute approximate surface area is 115 Å². The lowest BCUT2D eigenvalue weighted by Gasteiger charge is -2.26. The Morgan fingerprint density at radius 2 is 1.95 bits per heavy atom. The minimum atomic E-state index is -0.264. The van der Waals surface area contributed by atoms with Crippen molar-refractivity contribution in [3.8, 4) is 0 Å². The number of carbonyl (C=O) groups is 1. The van der Waals surface area contributed by atoms with Crippen molar-refractivity contribution in [2.45, 2.75) is 38.5 Å². The van der Waals surface area contributed by atoms with E-state index in [1.54, 1.807) is 0 Å². The van der Waals surface area contributed by atoms with Crippen LogP contribution in [0.4, 0.5) is 0 Å². The van der Waals surface area contributed by atoms with Crippen LogP contribution in [0.5, 0.6) is 0 Å². The van der Waals surface area contributed by atoms with E-state index in [1.165, 1.54) is 0 Å². The lowest BCUT2D eigenvalue weighted by atomic mass is 9.88. The Balaban J connectivity index is 1.98. The van der Waals surface area contributed by atoms with Gasteiger partial charge in [0.1, 0.15) is 0 Å². The van der Waals surface area contributed by atoms with Crippen molar-refractivity contribution in [2.24, 2.45) is 11.1 Å². The molecule has 1 fully saturated rings. The van der Waals surface area contributed by atoms with Crippen molar-refractivity contribution in [3.63, 3.8) is 0 Å². The highest BCUT2D eigenvalue weighted by atomic mass is 16.2. The monoisotopic (exact) mass is 260 g/mol. The fourth-order valence-electron chi connectivity index (χ4n) is 2.50. The van der Waals surface area contributed by atoms with E-state index in [2.05, 4.69) is 31.3 Å². The third-order valence-electron chi connectivity index (χ3n) is 4.06. The van der Waals surface area contributed by atoms with E-state index in [0.717, 1.165) is 24.8 Å². The molecule has 104 valence electrons. The van der Waals surface area contributed by atoms with Crippen LogP contribution in [-0.2, 0) is 10.2 Å². The van der Waals surface area contributed by atoms with Crippen LogP contribution in [0.1, 0.15) is 38.7 Å². The number of benzene rings is 1. The summed E-state index contributed by atoms with van der Waals surface area (Å²) in [7, 11) is 0. The molecule has 0 aliphatic heterocycles. The van der Waals surface area contributed by atoms with E-state index in [0.29, 0.717) is 13.1 Å². The largest absolute Gasteiger partial charge is 0.355 e. The predicted octanol–water partition coefficient (Wildman–Crippen LogP) is 2.21. The molecule has 1 aromatic rings. The Kier molecular flexibility index (Phi) is 3.95. The zero-order chi connectivity index (χ0) is 13.9. The second-order valence-corrected chi connectivity index (χ2v) is 6.33. The Bertz CT molecular complexity index is 435. The van der Waals surface area contributed by atoms with Gasteiger partial charge in [0.25, 0.3) is 0 Å². The first-order valence-corrected chi connectivity index (χ1v) is 7.04. The lowest BCUT2D eigenvalue weighted by Crippen LogP contribution is -2.40. The van der Waals surface area contributed by atoms with E-state index in [1.807, 2.05) is 18.2 Å². The van der Waals surface area contributed by atoms with Gasteiger partial charge in [-0.05, 0) is 36.8 Å². The summed E-state index contributed by atoms with van der Waals surface area (Å²) >= 11 is 0. The van der Waals surface area contributed by atoms with Crippen LogP contribution in [-0.4, -0.2) is 19.0 Å². The Morgan fingerprint density at radius 1 is 1.32 bits per heavy atom. The highest BCUT2D eigenvalue weighted by Gasteiger charge is 2.51. The van der Waals surface area contributed by atoms with Gasteiger partial charge < -0.3 is 11.1 Å².